The van der Waals surface area contributed by atoms with Crippen LogP contribution in [0.15, 0.2) is 18.2 Å². The third-order valence-electron chi connectivity index (χ3n) is 2.29. The van der Waals surface area contributed by atoms with E-state index in [-0.39, 0.29) is 11.4 Å². The first kappa shape index (κ1) is 14.8. The summed E-state index contributed by atoms with van der Waals surface area (Å²) in [7, 11) is 0. The lowest BCUT2D eigenvalue weighted by molar-refractivity contribution is 0.0527. The van der Waals surface area contributed by atoms with Crippen LogP contribution >= 0.6 is 11.6 Å². The highest BCUT2D eigenvalue weighted by Gasteiger charge is 2.15. The number of benzene rings is 1. The molecule has 1 rings (SSSR count). The standard InChI is InChI=1S/C14H20ClNO2/c1-5-18-13(17)11-8-10(15)6-7-12(11)16-9-14(2,3)4/h6-8,16H,5,9H2,1-4H3. The molecule has 0 radical (unpaired) electrons. The van der Waals surface area contributed by atoms with Crippen LogP contribution in [-0.2, 0) is 4.74 Å². The summed E-state index contributed by atoms with van der Waals surface area (Å²) in [6, 6.07) is 5.19. The van der Waals surface area contributed by atoms with Crippen molar-refractivity contribution in [2.75, 3.05) is 18.5 Å². The van der Waals surface area contributed by atoms with E-state index in [4.69, 9.17) is 16.3 Å². The lowest BCUT2D eigenvalue weighted by atomic mass is 9.96. The SMILES string of the molecule is CCOC(=O)c1cc(Cl)ccc1NCC(C)(C)C. The summed E-state index contributed by atoms with van der Waals surface area (Å²) in [6.45, 7) is 9.27. The first-order valence-electron chi connectivity index (χ1n) is 6.04. The maximum Gasteiger partial charge on any atom is 0.340 e. The number of anilines is 1. The number of carbonyl (C=O) groups excluding carboxylic acids is 1. The Balaban J connectivity index is 2.93. The van der Waals surface area contributed by atoms with E-state index in [1.807, 2.05) is 0 Å². The summed E-state index contributed by atoms with van der Waals surface area (Å²) in [4.78, 5) is 11.8. The van der Waals surface area contributed by atoms with Crippen LogP contribution in [0.25, 0.3) is 0 Å². The molecule has 0 aliphatic rings. The summed E-state index contributed by atoms with van der Waals surface area (Å²) >= 11 is 5.92. The molecule has 0 aromatic heterocycles. The van der Waals surface area contributed by atoms with Crippen molar-refractivity contribution in [3.8, 4) is 0 Å². The molecule has 0 saturated carbocycles. The molecule has 4 heteroatoms. The minimum atomic E-state index is -0.351. The van der Waals surface area contributed by atoms with Crippen LogP contribution in [0.1, 0.15) is 38.1 Å². The monoisotopic (exact) mass is 269 g/mol. The summed E-state index contributed by atoms with van der Waals surface area (Å²) in [5.74, 6) is -0.351. The molecule has 0 aliphatic carbocycles. The highest BCUT2D eigenvalue weighted by Crippen LogP contribution is 2.23. The van der Waals surface area contributed by atoms with Gasteiger partial charge in [0.1, 0.15) is 0 Å². The molecule has 0 spiro atoms. The molecule has 18 heavy (non-hydrogen) atoms. The molecule has 0 atom stereocenters. The summed E-state index contributed by atoms with van der Waals surface area (Å²) < 4.78 is 5.02. The molecule has 1 N–H and O–H groups in total. The number of esters is 1. The zero-order valence-corrected chi connectivity index (χ0v) is 12.1. The number of hydrogen-bond acceptors (Lipinski definition) is 3. The fraction of sp³-hybridized carbons (Fsp3) is 0.500. The normalized spacial score (nSPS) is 11.2. The van der Waals surface area contributed by atoms with Gasteiger partial charge in [-0.1, -0.05) is 32.4 Å². The molecule has 100 valence electrons. The first-order chi connectivity index (χ1) is 8.33. The van der Waals surface area contributed by atoms with E-state index in [1.54, 1.807) is 25.1 Å². The van der Waals surface area contributed by atoms with Crippen LogP contribution in [0.2, 0.25) is 5.02 Å². The van der Waals surface area contributed by atoms with Crippen LogP contribution in [0, 0.1) is 5.41 Å². The highest BCUT2D eigenvalue weighted by molar-refractivity contribution is 6.31. The fourth-order valence-electron chi connectivity index (χ4n) is 1.41. The average molecular weight is 270 g/mol. The molecule has 0 aliphatic heterocycles. The van der Waals surface area contributed by atoms with Crippen molar-refractivity contribution in [1.82, 2.24) is 0 Å². The molecule has 0 amide bonds. The van der Waals surface area contributed by atoms with Gasteiger partial charge in [-0.05, 0) is 30.5 Å². The molecular weight excluding hydrogens is 250 g/mol. The molecule has 1 aromatic carbocycles. The van der Waals surface area contributed by atoms with Crippen LogP contribution in [0.5, 0.6) is 0 Å². The van der Waals surface area contributed by atoms with Crippen LogP contribution in [0.4, 0.5) is 5.69 Å². The second kappa shape index (κ2) is 6.10. The predicted octanol–water partition coefficient (Wildman–Crippen LogP) is 3.97. The van der Waals surface area contributed by atoms with Crippen molar-refractivity contribution in [1.29, 1.82) is 0 Å². The van der Waals surface area contributed by atoms with Crippen molar-refractivity contribution in [3.63, 3.8) is 0 Å². The Morgan fingerprint density at radius 2 is 2.06 bits per heavy atom. The van der Waals surface area contributed by atoms with E-state index in [0.717, 1.165) is 12.2 Å². The summed E-state index contributed by atoms with van der Waals surface area (Å²) in [5.41, 5.74) is 1.37. The molecule has 0 saturated heterocycles. The number of hydrogen-bond donors (Lipinski definition) is 1. The van der Waals surface area contributed by atoms with Gasteiger partial charge in [-0.15, -0.1) is 0 Å². The third-order valence-corrected chi connectivity index (χ3v) is 2.52. The van der Waals surface area contributed by atoms with Gasteiger partial charge in [0.25, 0.3) is 0 Å². The van der Waals surface area contributed by atoms with E-state index in [1.165, 1.54) is 0 Å². The Labute approximate surface area is 113 Å². The van der Waals surface area contributed by atoms with Crippen molar-refractivity contribution in [2.45, 2.75) is 27.7 Å². The van der Waals surface area contributed by atoms with Crippen molar-refractivity contribution >= 4 is 23.3 Å². The minimum absolute atomic E-state index is 0.131. The van der Waals surface area contributed by atoms with Crippen LogP contribution in [-0.4, -0.2) is 19.1 Å². The fourth-order valence-corrected chi connectivity index (χ4v) is 1.58. The first-order valence-corrected chi connectivity index (χ1v) is 6.42. The summed E-state index contributed by atoms with van der Waals surface area (Å²) in [6.07, 6.45) is 0. The van der Waals surface area contributed by atoms with Gasteiger partial charge in [-0.3, -0.25) is 0 Å². The van der Waals surface area contributed by atoms with Crippen LogP contribution < -0.4 is 5.32 Å². The predicted molar refractivity (Wildman–Crippen MR) is 75.4 cm³/mol. The Morgan fingerprint density at radius 3 is 2.61 bits per heavy atom. The summed E-state index contributed by atoms with van der Waals surface area (Å²) in [5, 5.41) is 3.79. The Kier molecular flexibility index (Phi) is 5.03. The average Bonchev–Trinajstić information content (AvgIpc) is 2.26. The molecule has 0 fully saturated rings. The van der Waals surface area contributed by atoms with Gasteiger partial charge in [0.05, 0.1) is 12.2 Å². The molecular formula is C14H20ClNO2. The van der Waals surface area contributed by atoms with Gasteiger partial charge in [-0.2, -0.15) is 0 Å². The lowest BCUT2D eigenvalue weighted by Gasteiger charge is -2.21. The molecule has 0 heterocycles. The zero-order valence-electron chi connectivity index (χ0n) is 11.3. The van der Waals surface area contributed by atoms with Gasteiger partial charge in [-0.25, -0.2) is 4.79 Å². The molecule has 0 bridgehead atoms. The quantitative estimate of drug-likeness (QED) is 0.841. The number of halogens is 1. The Bertz CT molecular complexity index is 424. The zero-order chi connectivity index (χ0) is 13.8. The highest BCUT2D eigenvalue weighted by atomic mass is 35.5. The van der Waals surface area contributed by atoms with E-state index in [0.29, 0.717) is 17.2 Å². The van der Waals surface area contributed by atoms with Gasteiger partial charge >= 0.3 is 5.97 Å². The maximum atomic E-state index is 11.8. The van der Waals surface area contributed by atoms with Crippen molar-refractivity contribution in [3.05, 3.63) is 28.8 Å². The van der Waals surface area contributed by atoms with E-state index >= 15 is 0 Å². The third kappa shape index (κ3) is 4.57. The maximum absolute atomic E-state index is 11.8. The molecule has 1 aromatic rings. The molecule has 3 nitrogen and oxygen atoms in total. The lowest BCUT2D eigenvalue weighted by Crippen LogP contribution is -2.20. The number of nitrogens with one attached hydrogen (secondary N) is 1. The number of rotatable bonds is 4. The van der Waals surface area contributed by atoms with Gasteiger partial charge in [0, 0.05) is 17.3 Å². The second-order valence-electron chi connectivity index (χ2n) is 5.32. The minimum Gasteiger partial charge on any atom is -0.462 e. The van der Waals surface area contributed by atoms with Crippen molar-refractivity contribution < 1.29 is 9.53 Å². The number of ether oxygens (including phenoxy) is 1. The van der Waals surface area contributed by atoms with Gasteiger partial charge in [0.2, 0.25) is 0 Å². The smallest absolute Gasteiger partial charge is 0.340 e. The Hall–Kier alpha value is -1.22. The van der Waals surface area contributed by atoms with E-state index < -0.39 is 0 Å². The largest absolute Gasteiger partial charge is 0.462 e. The van der Waals surface area contributed by atoms with Crippen molar-refractivity contribution in [2.24, 2.45) is 5.41 Å². The number of carbonyl (C=O) groups is 1. The van der Waals surface area contributed by atoms with E-state index in [2.05, 4.69) is 26.1 Å². The topological polar surface area (TPSA) is 38.3 Å². The molecule has 0 unspecified atom stereocenters. The van der Waals surface area contributed by atoms with Gasteiger partial charge < -0.3 is 10.1 Å². The van der Waals surface area contributed by atoms with Gasteiger partial charge in [0.15, 0.2) is 0 Å². The van der Waals surface area contributed by atoms with Crippen LogP contribution in [0.3, 0.4) is 0 Å². The Morgan fingerprint density at radius 1 is 1.39 bits per heavy atom. The van der Waals surface area contributed by atoms with E-state index in [9.17, 15) is 4.79 Å². The second-order valence-corrected chi connectivity index (χ2v) is 5.76.